The molecule has 146 valence electrons. The maximum atomic E-state index is 13.2. The van der Waals surface area contributed by atoms with Gasteiger partial charge in [0.25, 0.3) is 0 Å². The lowest BCUT2D eigenvalue weighted by atomic mass is 9.79. The first-order valence-electron chi connectivity index (χ1n) is 10.2. The lowest BCUT2D eigenvalue weighted by Crippen LogP contribution is -2.59. The molecule has 1 aromatic heterocycles. The Morgan fingerprint density at radius 3 is 2.57 bits per heavy atom. The molecule has 2 unspecified atom stereocenters. The molecule has 1 fully saturated rings. The molecule has 3 heterocycles. The van der Waals surface area contributed by atoms with Crippen molar-refractivity contribution in [3.05, 3.63) is 41.6 Å². The van der Waals surface area contributed by atoms with Gasteiger partial charge in [0.1, 0.15) is 0 Å². The topological polar surface area (TPSA) is 45.6 Å². The molecular formula is C23H27N3O2. The van der Waals surface area contributed by atoms with Crippen molar-refractivity contribution < 1.29 is 9.59 Å². The lowest BCUT2D eigenvalue weighted by Gasteiger charge is -2.48. The highest BCUT2D eigenvalue weighted by atomic mass is 16.2. The summed E-state index contributed by atoms with van der Waals surface area (Å²) in [5.74, 6) is 0.186. The van der Waals surface area contributed by atoms with E-state index >= 15 is 0 Å². The van der Waals surface area contributed by atoms with Crippen LogP contribution in [0.4, 0.5) is 0 Å². The van der Waals surface area contributed by atoms with Gasteiger partial charge in [-0.25, -0.2) is 0 Å². The maximum Gasteiger partial charge on any atom is 0.231 e. The third-order valence-corrected chi connectivity index (χ3v) is 6.93. The Morgan fingerprint density at radius 2 is 1.89 bits per heavy atom. The van der Waals surface area contributed by atoms with Gasteiger partial charge in [-0.15, -0.1) is 0 Å². The van der Waals surface area contributed by atoms with Gasteiger partial charge in [0.2, 0.25) is 11.8 Å². The van der Waals surface area contributed by atoms with Crippen LogP contribution >= 0.6 is 0 Å². The summed E-state index contributed by atoms with van der Waals surface area (Å²) in [6.07, 6.45) is 6.19. The van der Waals surface area contributed by atoms with E-state index < -0.39 is 0 Å². The highest BCUT2D eigenvalue weighted by Gasteiger charge is 2.42. The van der Waals surface area contributed by atoms with E-state index in [1.54, 1.807) is 11.5 Å². The fourth-order valence-corrected chi connectivity index (χ4v) is 5.62. The fourth-order valence-electron chi connectivity index (χ4n) is 5.62. The maximum absolute atomic E-state index is 13.2. The molecule has 0 bridgehead atoms. The summed E-state index contributed by atoms with van der Waals surface area (Å²) in [6, 6.07) is 7.13. The zero-order valence-corrected chi connectivity index (χ0v) is 17.0. The number of likely N-dealkylation sites (N-methyl/N-ethyl adjacent to an activating group) is 1. The van der Waals surface area contributed by atoms with E-state index in [1.165, 1.54) is 22.1 Å². The summed E-state index contributed by atoms with van der Waals surface area (Å²) < 4.78 is 1.76. The number of benzene rings is 1. The normalized spacial score (nSPS) is 29.3. The van der Waals surface area contributed by atoms with Crippen LogP contribution in [-0.2, 0) is 11.2 Å². The average Bonchev–Trinajstić information content (AvgIpc) is 3.02. The van der Waals surface area contributed by atoms with Crippen molar-refractivity contribution >= 4 is 28.3 Å². The van der Waals surface area contributed by atoms with Crippen LogP contribution in [0, 0.1) is 5.92 Å². The molecule has 1 aliphatic carbocycles. The second kappa shape index (κ2) is 6.05. The predicted octanol–water partition coefficient (Wildman–Crippen LogP) is 3.18. The highest BCUT2D eigenvalue weighted by molar-refractivity contribution is 6.03. The average molecular weight is 377 g/mol. The number of nitrogens with zero attached hydrogens (tertiary/aromatic N) is 3. The molecule has 0 saturated carbocycles. The molecule has 5 nitrogen and oxygen atoms in total. The third kappa shape index (κ3) is 2.35. The van der Waals surface area contributed by atoms with Crippen molar-refractivity contribution in [2.24, 2.45) is 5.92 Å². The van der Waals surface area contributed by atoms with E-state index in [1.807, 2.05) is 18.3 Å². The Hall–Kier alpha value is -2.40. The van der Waals surface area contributed by atoms with Crippen LogP contribution in [-0.4, -0.2) is 57.9 Å². The Labute approximate surface area is 165 Å². The van der Waals surface area contributed by atoms with Gasteiger partial charge in [0.15, 0.2) is 0 Å². The molecule has 5 heteroatoms. The molecule has 5 rings (SSSR count). The first-order valence-corrected chi connectivity index (χ1v) is 10.2. The predicted molar refractivity (Wildman–Crippen MR) is 110 cm³/mol. The molecule has 1 amide bonds. The van der Waals surface area contributed by atoms with Crippen LogP contribution < -0.4 is 0 Å². The molecule has 0 N–H and O–H groups in total. The molecule has 28 heavy (non-hydrogen) atoms. The minimum Gasteiger partial charge on any atom is -0.337 e. The number of amides is 1. The van der Waals surface area contributed by atoms with E-state index in [0.717, 1.165) is 24.9 Å². The number of fused-ring (bicyclic) bond motifs is 2. The number of likely N-dealkylation sites (tertiary alicyclic amines) is 1. The lowest BCUT2D eigenvalue weighted by molar-refractivity contribution is -0.146. The fraction of sp³-hybridized carbons (Fsp3) is 0.478. The first-order chi connectivity index (χ1) is 13.4. The van der Waals surface area contributed by atoms with Gasteiger partial charge in [-0.3, -0.25) is 19.1 Å². The molecule has 1 aromatic carbocycles. The third-order valence-electron chi connectivity index (χ3n) is 6.93. The van der Waals surface area contributed by atoms with Gasteiger partial charge in [-0.05, 0) is 56.5 Å². The Kier molecular flexibility index (Phi) is 3.82. The van der Waals surface area contributed by atoms with Gasteiger partial charge in [-0.1, -0.05) is 18.2 Å². The number of rotatable bonds is 1. The second-order valence-electron chi connectivity index (χ2n) is 8.81. The summed E-state index contributed by atoms with van der Waals surface area (Å²) in [7, 11) is 2.12. The van der Waals surface area contributed by atoms with E-state index in [9.17, 15) is 9.59 Å². The van der Waals surface area contributed by atoms with E-state index in [-0.39, 0.29) is 23.8 Å². The van der Waals surface area contributed by atoms with Crippen LogP contribution in [0.25, 0.3) is 16.5 Å². The zero-order valence-electron chi connectivity index (χ0n) is 17.0. The molecule has 1 saturated heterocycles. The standard InChI is InChI=1S/C23H27N3O2/c1-13-8-14(2)26(13)23(28)17-9-19-18-6-5-7-20-22(18)16(12-25(20)15(3)27)10-21(19)24(4)11-17/h5-7,9,12-14,17,21H,8,10-11H2,1-4H3/t13?,14?,17-,21-/m1/s1. The summed E-state index contributed by atoms with van der Waals surface area (Å²) >= 11 is 0. The largest absolute Gasteiger partial charge is 0.337 e. The smallest absolute Gasteiger partial charge is 0.231 e. The minimum atomic E-state index is -0.104. The van der Waals surface area contributed by atoms with Crippen molar-refractivity contribution in [3.8, 4) is 0 Å². The Bertz CT molecular complexity index is 1030. The summed E-state index contributed by atoms with van der Waals surface area (Å²) in [6.45, 7) is 6.63. The quantitative estimate of drug-likeness (QED) is 0.767. The highest BCUT2D eigenvalue weighted by Crippen LogP contribution is 2.42. The summed E-state index contributed by atoms with van der Waals surface area (Å²) in [5, 5.41) is 1.17. The van der Waals surface area contributed by atoms with Crippen LogP contribution in [0.2, 0.25) is 0 Å². The number of hydrogen-bond acceptors (Lipinski definition) is 3. The molecule has 2 aliphatic heterocycles. The molecule has 0 radical (unpaired) electrons. The van der Waals surface area contributed by atoms with Gasteiger partial charge in [0.05, 0.1) is 11.4 Å². The van der Waals surface area contributed by atoms with Crippen LogP contribution in [0.5, 0.6) is 0 Å². The molecule has 0 spiro atoms. The van der Waals surface area contributed by atoms with Gasteiger partial charge in [0, 0.05) is 43.2 Å². The number of hydrogen-bond donors (Lipinski definition) is 0. The first kappa shape index (κ1) is 17.7. The molecule has 4 atom stereocenters. The van der Waals surface area contributed by atoms with Gasteiger partial charge in [-0.2, -0.15) is 0 Å². The number of carbonyl (C=O) groups excluding carboxylic acids is 2. The summed E-state index contributed by atoms with van der Waals surface area (Å²) in [5.41, 5.74) is 4.62. The SMILES string of the molecule is CC(=O)n1cc2c3c(cccc31)C1=C[C@@H](C(=O)N3C(C)CC3C)CN(C)[C@@H]1C2. The van der Waals surface area contributed by atoms with Crippen molar-refractivity contribution in [1.82, 2.24) is 14.4 Å². The number of carbonyl (C=O) groups is 2. The monoisotopic (exact) mass is 377 g/mol. The number of aromatic nitrogens is 1. The van der Waals surface area contributed by atoms with Crippen LogP contribution in [0.15, 0.2) is 30.5 Å². The van der Waals surface area contributed by atoms with Crippen molar-refractivity contribution in [2.45, 2.75) is 51.7 Å². The van der Waals surface area contributed by atoms with Crippen LogP contribution in [0.3, 0.4) is 0 Å². The molecule has 3 aliphatic rings. The van der Waals surface area contributed by atoms with E-state index in [2.05, 4.69) is 42.8 Å². The van der Waals surface area contributed by atoms with Crippen molar-refractivity contribution in [2.75, 3.05) is 13.6 Å². The van der Waals surface area contributed by atoms with Gasteiger partial charge >= 0.3 is 0 Å². The molecular weight excluding hydrogens is 350 g/mol. The van der Waals surface area contributed by atoms with Crippen molar-refractivity contribution in [3.63, 3.8) is 0 Å². The van der Waals surface area contributed by atoms with E-state index in [0.29, 0.717) is 12.1 Å². The Morgan fingerprint density at radius 1 is 1.14 bits per heavy atom. The zero-order chi connectivity index (χ0) is 19.7. The van der Waals surface area contributed by atoms with Crippen LogP contribution in [0.1, 0.15) is 43.1 Å². The van der Waals surface area contributed by atoms with E-state index in [4.69, 9.17) is 0 Å². The second-order valence-corrected chi connectivity index (χ2v) is 8.81. The van der Waals surface area contributed by atoms with Gasteiger partial charge < -0.3 is 4.90 Å². The minimum absolute atomic E-state index is 0.0365. The Balaban J connectivity index is 1.61. The summed E-state index contributed by atoms with van der Waals surface area (Å²) in [4.78, 5) is 29.7. The molecule has 2 aromatic rings. The van der Waals surface area contributed by atoms with Crippen molar-refractivity contribution in [1.29, 1.82) is 0 Å².